The molecule has 178 valence electrons. The summed E-state index contributed by atoms with van der Waals surface area (Å²) in [6, 6.07) is 9.49. The molecule has 0 amide bonds. The number of anilines is 1. The molecule has 0 saturated heterocycles. The Labute approximate surface area is 191 Å². The van der Waals surface area contributed by atoms with Gasteiger partial charge < -0.3 is 5.11 Å². The van der Waals surface area contributed by atoms with Gasteiger partial charge in [-0.15, -0.1) is 11.3 Å². The van der Waals surface area contributed by atoms with E-state index in [0.717, 1.165) is 31.8 Å². The number of rotatable bonds is 9. The van der Waals surface area contributed by atoms with Crippen molar-refractivity contribution < 1.29 is 35.9 Å². The Morgan fingerprint density at radius 1 is 1.18 bits per heavy atom. The average molecular weight is 505 g/mol. The monoisotopic (exact) mass is 504 g/mol. The molecule has 0 radical (unpaired) electrons. The number of fused-ring (bicyclic) bond motifs is 1. The zero-order chi connectivity index (χ0) is 24.4. The van der Waals surface area contributed by atoms with Gasteiger partial charge in [-0.3, -0.25) is 4.79 Å². The number of aliphatic carboxylic acids is 1. The van der Waals surface area contributed by atoms with Crippen LogP contribution in [-0.2, 0) is 27.7 Å². The van der Waals surface area contributed by atoms with E-state index >= 15 is 0 Å². The first-order valence-corrected chi connectivity index (χ1v) is 12.0. The van der Waals surface area contributed by atoms with E-state index in [2.05, 4.69) is 4.72 Å². The molecule has 0 aliphatic heterocycles. The van der Waals surface area contributed by atoms with E-state index in [0.29, 0.717) is 22.7 Å². The van der Waals surface area contributed by atoms with Gasteiger partial charge in [0.2, 0.25) is 0 Å². The molecule has 3 aromatic rings. The van der Waals surface area contributed by atoms with Gasteiger partial charge in [-0.2, -0.15) is 26.3 Å². The van der Waals surface area contributed by atoms with Crippen molar-refractivity contribution in [3.63, 3.8) is 0 Å². The van der Waals surface area contributed by atoms with Crippen molar-refractivity contribution in [1.82, 2.24) is 4.72 Å². The number of thiophene rings is 1. The minimum absolute atomic E-state index is 0.0303. The molecule has 3 rings (SSSR count). The van der Waals surface area contributed by atoms with Gasteiger partial charge in [0.05, 0.1) is 12.1 Å². The molecule has 0 aliphatic carbocycles. The van der Waals surface area contributed by atoms with Crippen molar-refractivity contribution >= 4 is 42.6 Å². The Kier molecular flexibility index (Phi) is 7.29. The topological polar surface area (TPSA) is 86.7 Å². The summed E-state index contributed by atoms with van der Waals surface area (Å²) in [7, 11) is -4.27. The van der Waals surface area contributed by atoms with Gasteiger partial charge >= 0.3 is 22.4 Å². The Balaban J connectivity index is 2.02. The molecular weight excluding hydrogens is 484 g/mol. The van der Waals surface area contributed by atoms with E-state index in [4.69, 9.17) is 5.11 Å². The van der Waals surface area contributed by atoms with Crippen LogP contribution >= 0.6 is 11.3 Å². The van der Waals surface area contributed by atoms with E-state index < -0.39 is 40.3 Å². The molecule has 2 aromatic carbocycles. The highest BCUT2D eigenvalue weighted by Crippen LogP contribution is 2.40. The van der Waals surface area contributed by atoms with Gasteiger partial charge in [0.25, 0.3) is 0 Å². The number of carbonyl (C=O) groups is 1. The molecule has 0 bridgehead atoms. The first kappa shape index (κ1) is 24.9. The highest BCUT2D eigenvalue weighted by molar-refractivity contribution is 7.91. The van der Waals surface area contributed by atoms with Crippen LogP contribution in [0.15, 0.2) is 42.5 Å². The van der Waals surface area contributed by atoms with Crippen molar-refractivity contribution in [3.8, 4) is 0 Å². The number of carboxylic acid groups (broad SMARTS) is 1. The number of alkyl halides is 3. The highest BCUT2D eigenvalue weighted by atomic mass is 32.2. The predicted octanol–water partition coefficient (Wildman–Crippen LogP) is 5.07. The zero-order valence-electron chi connectivity index (χ0n) is 17.3. The second-order valence-electron chi connectivity index (χ2n) is 7.24. The van der Waals surface area contributed by atoms with Gasteiger partial charge in [0.15, 0.2) is 0 Å². The fourth-order valence-electron chi connectivity index (χ4n) is 3.24. The maximum atomic E-state index is 13.7. The van der Waals surface area contributed by atoms with Crippen molar-refractivity contribution in [2.75, 3.05) is 10.8 Å². The lowest BCUT2D eigenvalue weighted by molar-refractivity contribution is -0.140. The molecule has 0 atom stereocenters. The van der Waals surface area contributed by atoms with Crippen LogP contribution in [0.2, 0.25) is 0 Å². The molecule has 0 fully saturated rings. The molecule has 12 heteroatoms. The van der Waals surface area contributed by atoms with E-state index in [9.17, 15) is 30.8 Å². The molecular formula is C21H20F4N2O4S2. The Morgan fingerprint density at radius 2 is 1.88 bits per heavy atom. The van der Waals surface area contributed by atoms with E-state index in [1.54, 1.807) is 31.2 Å². The highest BCUT2D eigenvalue weighted by Gasteiger charge is 2.35. The SMILES string of the molecule is Cc1c(N(Cc2ccc(F)c(C(F)(F)F)c2)S(=O)(=O)NCCCC(=O)O)sc2ccccc12. The van der Waals surface area contributed by atoms with E-state index in [1.807, 2.05) is 0 Å². The summed E-state index contributed by atoms with van der Waals surface area (Å²) >= 11 is 1.15. The summed E-state index contributed by atoms with van der Waals surface area (Å²) in [5.74, 6) is -2.54. The zero-order valence-corrected chi connectivity index (χ0v) is 19.0. The second kappa shape index (κ2) is 9.65. The summed E-state index contributed by atoms with van der Waals surface area (Å²) in [4.78, 5) is 10.7. The van der Waals surface area contributed by atoms with Crippen molar-refractivity contribution in [3.05, 3.63) is 65.0 Å². The van der Waals surface area contributed by atoms with Crippen molar-refractivity contribution in [2.45, 2.75) is 32.5 Å². The van der Waals surface area contributed by atoms with Gasteiger partial charge in [-0.1, -0.05) is 24.3 Å². The molecule has 0 unspecified atom stereocenters. The predicted molar refractivity (Wildman–Crippen MR) is 118 cm³/mol. The van der Waals surface area contributed by atoms with Gasteiger partial charge in [0.1, 0.15) is 10.8 Å². The molecule has 1 heterocycles. The molecule has 0 spiro atoms. The van der Waals surface area contributed by atoms with Gasteiger partial charge in [-0.25, -0.2) is 8.70 Å². The third-order valence-electron chi connectivity index (χ3n) is 4.85. The van der Waals surface area contributed by atoms with Crippen LogP contribution in [0.4, 0.5) is 22.6 Å². The summed E-state index contributed by atoms with van der Waals surface area (Å²) in [5.41, 5.74) is -0.930. The quantitative estimate of drug-likeness (QED) is 0.315. The first-order valence-electron chi connectivity index (χ1n) is 9.73. The smallest absolute Gasteiger partial charge is 0.419 e. The molecule has 0 aliphatic rings. The molecule has 33 heavy (non-hydrogen) atoms. The fourth-order valence-corrected chi connectivity index (χ4v) is 5.99. The number of nitrogens with zero attached hydrogens (tertiary/aromatic N) is 1. The molecule has 1 aromatic heterocycles. The third-order valence-corrected chi connectivity index (χ3v) is 7.72. The summed E-state index contributed by atoms with van der Waals surface area (Å²) in [6.07, 6.45) is -5.16. The Morgan fingerprint density at radius 3 is 2.52 bits per heavy atom. The lowest BCUT2D eigenvalue weighted by Gasteiger charge is -2.24. The molecule has 0 saturated carbocycles. The Hall–Kier alpha value is -2.70. The van der Waals surface area contributed by atoms with Crippen molar-refractivity contribution in [1.29, 1.82) is 0 Å². The molecule has 2 N–H and O–H groups in total. The number of nitrogens with one attached hydrogen (secondary N) is 1. The Bertz CT molecular complexity index is 1270. The lowest BCUT2D eigenvalue weighted by Crippen LogP contribution is -2.41. The summed E-state index contributed by atoms with van der Waals surface area (Å²) < 4.78 is 83.5. The van der Waals surface area contributed by atoms with Gasteiger partial charge in [-0.05, 0) is 48.1 Å². The van der Waals surface area contributed by atoms with Crippen molar-refractivity contribution in [2.24, 2.45) is 0 Å². The first-order chi connectivity index (χ1) is 15.4. The number of hydrogen-bond acceptors (Lipinski definition) is 4. The van der Waals surface area contributed by atoms with Crippen LogP contribution < -0.4 is 9.03 Å². The van der Waals surface area contributed by atoms with Crippen LogP contribution in [-0.4, -0.2) is 26.0 Å². The minimum atomic E-state index is -4.94. The van der Waals surface area contributed by atoms with E-state index in [-0.39, 0.29) is 24.9 Å². The number of carboxylic acids is 1. The molecule has 6 nitrogen and oxygen atoms in total. The van der Waals surface area contributed by atoms with Crippen LogP contribution in [0.1, 0.15) is 29.5 Å². The van der Waals surface area contributed by atoms with Crippen LogP contribution in [0.3, 0.4) is 0 Å². The van der Waals surface area contributed by atoms with Crippen LogP contribution in [0.5, 0.6) is 0 Å². The maximum Gasteiger partial charge on any atom is 0.419 e. The number of benzene rings is 2. The third kappa shape index (κ3) is 5.81. The van der Waals surface area contributed by atoms with E-state index in [1.165, 1.54) is 0 Å². The fraction of sp³-hybridized carbons (Fsp3) is 0.286. The minimum Gasteiger partial charge on any atom is -0.481 e. The normalized spacial score (nSPS) is 12.3. The number of hydrogen-bond donors (Lipinski definition) is 2. The largest absolute Gasteiger partial charge is 0.481 e. The summed E-state index contributed by atoms with van der Waals surface area (Å²) in [5, 5.41) is 9.83. The maximum absolute atomic E-state index is 13.7. The number of aryl methyl sites for hydroxylation is 1. The number of halogens is 4. The summed E-state index contributed by atoms with van der Waals surface area (Å²) in [6.45, 7) is 1.05. The van der Waals surface area contributed by atoms with Crippen LogP contribution in [0.25, 0.3) is 10.1 Å². The van der Waals surface area contributed by atoms with Crippen LogP contribution in [0, 0.1) is 12.7 Å². The van der Waals surface area contributed by atoms with Gasteiger partial charge in [0, 0.05) is 17.7 Å². The standard InChI is InChI=1S/C21H20F4N2O4S2/c1-13-15-5-2-3-6-18(15)32-20(13)27(33(30,31)26-10-4-7-19(28)29)12-14-8-9-17(22)16(11-14)21(23,24)25/h2-3,5-6,8-9,11,26H,4,7,10,12H2,1H3,(H,28,29). The second-order valence-corrected chi connectivity index (χ2v) is 9.95. The lowest BCUT2D eigenvalue weighted by atomic mass is 10.1. The average Bonchev–Trinajstić information content (AvgIpc) is 3.06.